The Balaban J connectivity index is 4.95. The number of aliphatic hydroxyl groups is 2. The molecule has 0 bridgehead atoms. The Kier molecular flexibility index (Phi) is 11.8. The summed E-state index contributed by atoms with van der Waals surface area (Å²) < 4.78 is 0. The fraction of sp³-hybridized carbons (Fsp3) is 1.00. The third-order valence-corrected chi connectivity index (χ3v) is 6.49. The van der Waals surface area contributed by atoms with Gasteiger partial charge in [0.1, 0.15) is 0 Å². The quantitative estimate of drug-likeness (QED) is 0.252. The first-order valence-corrected chi connectivity index (χ1v) is 13.7. The molecule has 0 heterocycles. The number of nitrogens with zero attached hydrogens (tertiary/aromatic N) is 2. The largest absolute Gasteiger partial charge is 0.687 e. The molecule has 0 aliphatic carbocycles. The monoisotopic (exact) mass is 442 g/mol. The highest BCUT2D eigenvalue weighted by Gasteiger charge is 2.19. The minimum atomic E-state index is -5.19. The Bertz CT molecular complexity index is 355. The topological polar surface area (TPSA) is 254 Å². The van der Waals surface area contributed by atoms with Crippen molar-refractivity contribution in [2.45, 2.75) is 0 Å². The van der Waals surface area contributed by atoms with Gasteiger partial charge in [0.15, 0.2) is 0 Å². The van der Waals surface area contributed by atoms with Gasteiger partial charge in [-0.3, -0.25) is 4.90 Å². The van der Waals surface area contributed by atoms with E-state index in [-0.39, 0.29) is 12.8 Å². The highest BCUT2D eigenvalue weighted by atomic mass is 31.2. The molecule has 2 N–H and O–H groups in total. The van der Waals surface area contributed by atoms with Crippen molar-refractivity contribution < 1.29 is 54.3 Å². The van der Waals surface area contributed by atoms with Crippen molar-refractivity contribution in [1.29, 1.82) is 0 Å². The van der Waals surface area contributed by atoms with Gasteiger partial charge >= 0.3 is 0 Å². The summed E-state index contributed by atoms with van der Waals surface area (Å²) in [7, 11) is -16.9. The standard InChI is InChI=1S/C8H24N2O11P4/c11-7-22(8-12)3-9(4-23(13,14)15)1-2-10(5-24(16,17)18)6-25(19,20)21/h11-12H,1-8H2,(H2,13,14,15)(H2,16,17,18)(H2,19,20,21)/p-6. The predicted molar refractivity (Wildman–Crippen MR) is 74.7 cm³/mol. The Morgan fingerprint density at radius 1 is 0.600 bits per heavy atom. The smallest absolute Gasteiger partial charge is 0.0971 e. The first-order valence-electron chi connectivity index (χ1n) is 6.57. The van der Waals surface area contributed by atoms with Crippen LogP contribution < -0.4 is 44.0 Å². The fourth-order valence-corrected chi connectivity index (χ4v) is 5.39. The van der Waals surface area contributed by atoms with Crippen LogP contribution in [0.5, 0.6) is 0 Å². The second-order valence-corrected chi connectivity index (χ2v) is 11.8. The summed E-state index contributed by atoms with van der Waals surface area (Å²) in [6, 6.07) is 0. The van der Waals surface area contributed by atoms with E-state index in [9.17, 15) is 44.0 Å². The van der Waals surface area contributed by atoms with Gasteiger partial charge in [-0.1, -0.05) is 0 Å². The van der Waals surface area contributed by atoms with Crippen molar-refractivity contribution in [2.75, 3.05) is 50.9 Å². The number of rotatable bonds is 13. The second kappa shape index (κ2) is 11.3. The molecular formula is C8H18N2O11P4-6. The van der Waals surface area contributed by atoms with E-state index in [0.717, 1.165) is 4.90 Å². The zero-order valence-electron chi connectivity index (χ0n) is 12.9. The average molecular weight is 442 g/mol. The molecule has 0 unspecified atom stereocenters. The first-order chi connectivity index (χ1) is 11.1. The van der Waals surface area contributed by atoms with Gasteiger partial charge in [0.2, 0.25) is 0 Å². The summed E-state index contributed by atoms with van der Waals surface area (Å²) in [6.45, 7) is -0.893. The van der Waals surface area contributed by atoms with Gasteiger partial charge in [-0.05, 0) is 7.92 Å². The van der Waals surface area contributed by atoms with Crippen LogP contribution in [0.25, 0.3) is 0 Å². The lowest BCUT2D eigenvalue weighted by Crippen LogP contribution is -2.49. The van der Waals surface area contributed by atoms with Crippen LogP contribution in [0.15, 0.2) is 0 Å². The molecule has 13 nitrogen and oxygen atoms in total. The maximum absolute atomic E-state index is 10.9. The van der Waals surface area contributed by atoms with Gasteiger partial charge < -0.3 is 54.3 Å². The molecular weight excluding hydrogens is 424 g/mol. The van der Waals surface area contributed by atoms with Gasteiger partial charge in [-0.15, -0.1) is 23.8 Å². The first kappa shape index (κ1) is 26.2. The molecule has 0 aliphatic rings. The van der Waals surface area contributed by atoms with Gasteiger partial charge in [0.05, 0.1) is 31.6 Å². The normalized spacial score (nSPS) is 14.2. The zero-order chi connectivity index (χ0) is 19.9. The Morgan fingerprint density at radius 3 is 1.24 bits per heavy atom. The second-order valence-electron chi connectivity index (χ2n) is 5.14. The molecule has 0 saturated carbocycles. The third-order valence-electron chi connectivity index (χ3n) is 2.65. The van der Waals surface area contributed by atoms with Crippen LogP contribution in [-0.2, 0) is 0 Å². The summed E-state index contributed by atoms with van der Waals surface area (Å²) in [4.78, 5) is 98.9. The predicted octanol–water partition coefficient (Wildman–Crippen LogP) is -8.67. The molecule has 0 saturated heterocycles. The average Bonchev–Trinajstić information content (AvgIpc) is 2.36. The van der Waals surface area contributed by atoms with Gasteiger partial charge in [0.25, 0.3) is 0 Å². The molecule has 0 aromatic carbocycles. The number of aliphatic hydroxyl groups excluding tert-OH is 2. The molecule has 0 aromatic rings. The van der Waals surface area contributed by atoms with Gasteiger partial charge in [0, 0.05) is 19.4 Å². The van der Waals surface area contributed by atoms with Crippen LogP contribution in [-0.4, -0.2) is 70.9 Å². The minimum Gasteiger partial charge on any atom is -0.687 e. The molecule has 0 radical (unpaired) electrons. The van der Waals surface area contributed by atoms with E-state index in [1.165, 1.54) is 0 Å². The lowest BCUT2D eigenvalue weighted by atomic mass is 10.5. The Morgan fingerprint density at radius 2 is 0.920 bits per heavy atom. The fourth-order valence-electron chi connectivity index (χ4n) is 1.81. The third kappa shape index (κ3) is 15.9. The maximum atomic E-state index is 10.9. The highest BCUT2D eigenvalue weighted by Crippen LogP contribution is 2.38. The van der Waals surface area contributed by atoms with Crippen molar-refractivity contribution >= 4 is 31.8 Å². The summed E-state index contributed by atoms with van der Waals surface area (Å²) in [5.74, 6) is 0. The minimum absolute atomic E-state index is 0.205. The molecule has 0 fully saturated rings. The lowest BCUT2D eigenvalue weighted by Gasteiger charge is -2.50. The molecule has 0 amide bonds. The summed E-state index contributed by atoms with van der Waals surface area (Å²) in [5, 5.41) is 18.0. The van der Waals surface area contributed by atoms with E-state index in [2.05, 4.69) is 0 Å². The molecule has 0 atom stereocenters. The van der Waals surface area contributed by atoms with Crippen molar-refractivity contribution in [2.24, 2.45) is 0 Å². The van der Waals surface area contributed by atoms with Gasteiger partial charge in [-0.2, -0.15) is 0 Å². The zero-order valence-corrected chi connectivity index (χ0v) is 16.5. The van der Waals surface area contributed by atoms with Gasteiger partial charge in [-0.25, -0.2) is 4.90 Å². The van der Waals surface area contributed by atoms with Crippen LogP contribution in [0.2, 0.25) is 0 Å². The van der Waals surface area contributed by atoms with E-state index in [1.807, 2.05) is 0 Å². The van der Waals surface area contributed by atoms with E-state index >= 15 is 0 Å². The van der Waals surface area contributed by atoms with E-state index in [0.29, 0.717) is 4.90 Å². The SMILES string of the molecule is [O-][P+]([O-])([O-])CN(CCN(C[P+]([O-])([O-])[O-])C[P+]([O-])([O-])[O-])CP(CO)CO. The molecule has 25 heavy (non-hydrogen) atoms. The molecule has 17 heteroatoms. The summed E-state index contributed by atoms with van der Waals surface area (Å²) in [5.41, 5.74) is 0. The van der Waals surface area contributed by atoms with E-state index in [1.54, 1.807) is 0 Å². The lowest BCUT2D eigenvalue weighted by molar-refractivity contribution is -0.434. The Labute approximate surface area is 147 Å². The number of hydrogen-bond donors (Lipinski definition) is 2. The summed E-state index contributed by atoms with van der Waals surface area (Å²) in [6.07, 6.45) is -4.70. The van der Waals surface area contributed by atoms with Crippen LogP contribution in [0, 0.1) is 0 Å². The maximum Gasteiger partial charge on any atom is 0.0971 e. The van der Waals surface area contributed by atoms with Crippen molar-refractivity contribution in [1.82, 2.24) is 9.80 Å². The Hall–Kier alpha value is 1.20. The molecule has 0 aliphatic heterocycles. The van der Waals surface area contributed by atoms with Crippen LogP contribution in [0.4, 0.5) is 0 Å². The van der Waals surface area contributed by atoms with E-state index < -0.39 is 69.8 Å². The highest BCUT2D eigenvalue weighted by molar-refractivity contribution is 7.57. The van der Waals surface area contributed by atoms with Crippen molar-refractivity contribution in [3.8, 4) is 0 Å². The molecule has 0 aromatic heterocycles. The number of hydrogen-bond acceptors (Lipinski definition) is 13. The van der Waals surface area contributed by atoms with E-state index in [4.69, 9.17) is 10.2 Å². The van der Waals surface area contributed by atoms with Crippen LogP contribution in [0.3, 0.4) is 0 Å². The van der Waals surface area contributed by atoms with Crippen LogP contribution in [0.1, 0.15) is 0 Å². The molecule has 0 spiro atoms. The van der Waals surface area contributed by atoms with Crippen molar-refractivity contribution in [3.05, 3.63) is 0 Å². The summed E-state index contributed by atoms with van der Waals surface area (Å²) >= 11 is 0. The van der Waals surface area contributed by atoms with Crippen molar-refractivity contribution in [3.63, 3.8) is 0 Å². The molecule has 152 valence electrons. The molecule has 0 rings (SSSR count). The van der Waals surface area contributed by atoms with Crippen LogP contribution >= 0.6 is 31.8 Å².